The third-order valence-corrected chi connectivity index (χ3v) is 5.34. The quantitative estimate of drug-likeness (QED) is 0.502. The maximum Gasteiger partial charge on any atom is 0.128 e. The number of hydrogen-bond acceptors (Lipinski definition) is 5. The minimum atomic E-state index is 0.00330. The van der Waals surface area contributed by atoms with Crippen LogP contribution >= 0.6 is 11.3 Å². The molecule has 4 aromatic rings. The van der Waals surface area contributed by atoms with Gasteiger partial charge in [0.1, 0.15) is 22.2 Å². The number of hydrogen-bond donors (Lipinski definition) is 3. The molecule has 0 amide bonds. The van der Waals surface area contributed by atoms with E-state index in [1.54, 1.807) is 17.4 Å². The maximum atomic E-state index is 10.4. The number of nitrogens with zero attached hydrogens (tertiary/aromatic N) is 2. The molecule has 0 aliphatic heterocycles. The van der Waals surface area contributed by atoms with Crippen LogP contribution in [0.1, 0.15) is 18.2 Å². The second-order valence-corrected chi connectivity index (χ2v) is 6.94. The van der Waals surface area contributed by atoms with E-state index in [1.165, 1.54) is 6.07 Å². The number of fused-ring (bicyclic) bond motifs is 1. The number of phenols is 2. The number of aryl methyl sites for hydroxylation is 2. The van der Waals surface area contributed by atoms with Crippen molar-refractivity contribution in [2.45, 2.75) is 20.3 Å². The predicted octanol–water partition coefficient (Wildman–Crippen LogP) is 4.64. The Kier molecular flexibility index (Phi) is 3.69. The number of para-hydroxylation sites is 1. The lowest BCUT2D eigenvalue weighted by molar-refractivity contribution is 0.447. The zero-order valence-electron chi connectivity index (χ0n) is 13.9. The lowest BCUT2D eigenvalue weighted by atomic mass is 10.0. The van der Waals surface area contributed by atoms with E-state index in [9.17, 15) is 10.2 Å². The Morgan fingerprint density at radius 1 is 1.12 bits per heavy atom. The summed E-state index contributed by atoms with van der Waals surface area (Å²) in [5.74, 6) is 0.0982. The maximum absolute atomic E-state index is 10.4. The molecule has 0 bridgehead atoms. The number of thiazole rings is 1. The highest BCUT2D eigenvalue weighted by molar-refractivity contribution is 7.21. The molecule has 0 saturated carbocycles. The van der Waals surface area contributed by atoms with Crippen LogP contribution in [0.5, 0.6) is 11.5 Å². The Hall–Kier alpha value is -2.86. The molecule has 4 rings (SSSR count). The number of nitrogens with one attached hydrogen (secondary N) is 1. The number of benzene rings is 2. The van der Waals surface area contributed by atoms with Crippen molar-refractivity contribution in [3.05, 3.63) is 47.7 Å². The van der Waals surface area contributed by atoms with Crippen molar-refractivity contribution in [1.29, 1.82) is 0 Å². The minimum absolute atomic E-state index is 0.00330. The highest BCUT2D eigenvalue weighted by Crippen LogP contribution is 2.42. The molecule has 6 heteroatoms. The lowest BCUT2D eigenvalue weighted by Gasteiger charge is -2.08. The number of aromatic hydroxyl groups is 2. The second kappa shape index (κ2) is 5.89. The smallest absolute Gasteiger partial charge is 0.128 e. The van der Waals surface area contributed by atoms with Crippen LogP contribution in [0.25, 0.3) is 32.0 Å². The fourth-order valence-electron chi connectivity index (χ4n) is 2.96. The third-order valence-electron chi connectivity index (χ3n) is 4.29. The van der Waals surface area contributed by atoms with Gasteiger partial charge in [0.25, 0.3) is 0 Å². The highest BCUT2D eigenvalue weighted by atomic mass is 32.1. The molecule has 5 nitrogen and oxygen atoms in total. The van der Waals surface area contributed by atoms with Crippen LogP contribution in [0.15, 0.2) is 36.4 Å². The molecular weight excluding hydrogens is 334 g/mol. The van der Waals surface area contributed by atoms with E-state index < -0.39 is 0 Å². The van der Waals surface area contributed by atoms with Gasteiger partial charge in [0.05, 0.1) is 15.8 Å². The van der Waals surface area contributed by atoms with Gasteiger partial charge in [0.15, 0.2) is 0 Å². The standard InChI is InChI=1S/C19H17N3O2S/c1-3-11-8-12(15(24)9-14(11)23)18-17(10(2)21-22-18)19-20-13-6-4-5-7-16(13)25-19/h4-9,23-24H,3H2,1-2H3,(H,21,22). The van der Waals surface area contributed by atoms with E-state index in [-0.39, 0.29) is 11.5 Å². The fraction of sp³-hybridized carbons (Fsp3) is 0.158. The summed E-state index contributed by atoms with van der Waals surface area (Å²) in [5.41, 5.74) is 4.71. The third kappa shape index (κ3) is 2.55. The van der Waals surface area contributed by atoms with Gasteiger partial charge in [-0.15, -0.1) is 11.3 Å². The molecule has 2 aromatic carbocycles. The molecule has 0 fully saturated rings. The molecule has 0 spiro atoms. The normalized spacial score (nSPS) is 11.3. The molecule has 25 heavy (non-hydrogen) atoms. The van der Waals surface area contributed by atoms with E-state index in [0.29, 0.717) is 17.7 Å². The Bertz CT molecular complexity index is 1050. The molecular formula is C19H17N3O2S. The Balaban J connectivity index is 1.94. The molecule has 0 aliphatic rings. The van der Waals surface area contributed by atoms with Crippen LogP contribution in [0.3, 0.4) is 0 Å². The zero-order valence-corrected chi connectivity index (χ0v) is 14.7. The summed E-state index contributed by atoms with van der Waals surface area (Å²) in [6, 6.07) is 11.1. The first-order chi connectivity index (χ1) is 12.1. The first kappa shape index (κ1) is 15.7. The summed E-state index contributed by atoms with van der Waals surface area (Å²) in [7, 11) is 0. The van der Waals surface area contributed by atoms with E-state index >= 15 is 0 Å². The molecule has 0 saturated heterocycles. The fourth-order valence-corrected chi connectivity index (χ4v) is 4.03. The number of H-pyrrole nitrogens is 1. The van der Waals surface area contributed by atoms with Gasteiger partial charge in [-0.1, -0.05) is 19.1 Å². The molecule has 126 valence electrons. The van der Waals surface area contributed by atoms with Crippen LogP contribution in [0.4, 0.5) is 0 Å². The Labute approximate surface area is 148 Å². The summed E-state index contributed by atoms with van der Waals surface area (Å²) >= 11 is 1.59. The monoisotopic (exact) mass is 351 g/mol. The van der Waals surface area contributed by atoms with Crippen LogP contribution < -0.4 is 0 Å². The number of aromatic nitrogens is 3. The Morgan fingerprint density at radius 3 is 2.68 bits per heavy atom. The van der Waals surface area contributed by atoms with Crippen LogP contribution in [0.2, 0.25) is 0 Å². The van der Waals surface area contributed by atoms with Gasteiger partial charge in [0, 0.05) is 17.3 Å². The largest absolute Gasteiger partial charge is 0.508 e. The number of rotatable bonds is 3. The van der Waals surface area contributed by atoms with Gasteiger partial charge < -0.3 is 10.2 Å². The molecule has 3 N–H and O–H groups in total. The second-order valence-electron chi connectivity index (χ2n) is 5.91. The summed E-state index contributed by atoms with van der Waals surface area (Å²) < 4.78 is 1.10. The van der Waals surface area contributed by atoms with Crippen molar-refractivity contribution in [2.75, 3.05) is 0 Å². The van der Waals surface area contributed by atoms with Gasteiger partial charge in [-0.2, -0.15) is 5.10 Å². The summed E-state index contributed by atoms with van der Waals surface area (Å²) in [6.07, 6.45) is 0.666. The topological polar surface area (TPSA) is 82.0 Å². The van der Waals surface area contributed by atoms with E-state index in [2.05, 4.69) is 10.2 Å². The van der Waals surface area contributed by atoms with E-state index in [0.717, 1.165) is 32.0 Å². The van der Waals surface area contributed by atoms with Gasteiger partial charge in [-0.3, -0.25) is 5.10 Å². The molecule has 0 radical (unpaired) electrons. The Morgan fingerprint density at radius 2 is 1.92 bits per heavy atom. The van der Waals surface area contributed by atoms with Crippen molar-refractivity contribution < 1.29 is 10.2 Å². The first-order valence-corrected chi connectivity index (χ1v) is 8.86. The van der Waals surface area contributed by atoms with Crippen molar-refractivity contribution in [1.82, 2.24) is 15.2 Å². The van der Waals surface area contributed by atoms with Gasteiger partial charge in [-0.05, 0) is 37.1 Å². The molecule has 0 atom stereocenters. The summed E-state index contributed by atoms with van der Waals surface area (Å²) in [4.78, 5) is 4.72. The predicted molar refractivity (Wildman–Crippen MR) is 100 cm³/mol. The van der Waals surface area contributed by atoms with Crippen molar-refractivity contribution in [3.8, 4) is 33.3 Å². The molecule has 2 heterocycles. The number of aromatic amines is 1. The van der Waals surface area contributed by atoms with Crippen LogP contribution in [0, 0.1) is 6.92 Å². The van der Waals surface area contributed by atoms with Gasteiger partial charge in [0.2, 0.25) is 0 Å². The lowest BCUT2D eigenvalue weighted by Crippen LogP contribution is -1.88. The molecule has 2 aromatic heterocycles. The summed E-state index contributed by atoms with van der Waals surface area (Å²) in [5, 5.41) is 28.6. The van der Waals surface area contributed by atoms with Gasteiger partial charge in [-0.25, -0.2) is 4.98 Å². The molecule has 0 aliphatic carbocycles. The van der Waals surface area contributed by atoms with Crippen LogP contribution in [-0.4, -0.2) is 25.4 Å². The minimum Gasteiger partial charge on any atom is -0.508 e. The molecule has 0 unspecified atom stereocenters. The van der Waals surface area contributed by atoms with Crippen molar-refractivity contribution >= 4 is 21.6 Å². The first-order valence-electron chi connectivity index (χ1n) is 8.04. The highest BCUT2D eigenvalue weighted by Gasteiger charge is 2.21. The number of phenolic OH excluding ortho intramolecular Hbond substituents is 2. The van der Waals surface area contributed by atoms with Crippen molar-refractivity contribution in [3.63, 3.8) is 0 Å². The van der Waals surface area contributed by atoms with Gasteiger partial charge >= 0.3 is 0 Å². The van der Waals surface area contributed by atoms with Crippen LogP contribution in [-0.2, 0) is 6.42 Å². The zero-order chi connectivity index (χ0) is 17.6. The average molecular weight is 351 g/mol. The summed E-state index contributed by atoms with van der Waals surface area (Å²) in [6.45, 7) is 3.90. The van der Waals surface area contributed by atoms with Crippen molar-refractivity contribution in [2.24, 2.45) is 0 Å². The van der Waals surface area contributed by atoms with E-state index in [4.69, 9.17) is 4.98 Å². The average Bonchev–Trinajstić information content (AvgIpc) is 3.18. The SMILES string of the molecule is CCc1cc(-c2n[nH]c(C)c2-c2nc3ccccc3s2)c(O)cc1O. The van der Waals surface area contributed by atoms with E-state index in [1.807, 2.05) is 38.1 Å².